The zero-order valence-corrected chi connectivity index (χ0v) is 14.1. The molecular weight excluding hydrogens is 270 g/mol. The summed E-state index contributed by atoms with van der Waals surface area (Å²) in [4.78, 5) is 2.57. The normalized spacial score (nSPS) is 20.9. The van der Waals surface area contributed by atoms with E-state index < -0.39 is 9.92 Å². The first kappa shape index (κ1) is 17.9. The molecule has 1 unspecified atom stereocenters. The van der Waals surface area contributed by atoms with Crippen LogP contribution in [0.4, 0.5) is 0 Å². The molecule has 0 spiro atoms. The molecule has 0 aromatic rings. The van der Waals surface area contributed by atoms with E-state index in [1.807, 2.05) is 0 Å². The van der Waals surface area contributed by atoms with Crippen molar-refractivity contribution in [3.63, 3.8) is 0 Å². The van der Waals surface area contributed by atoms with Gasteiger partial charge in [0.15, 0.2) is 0 Å². The Morgan fingerprint density at radius 3 is 2.35 bits per heavy atom. The number of hydrogen-bond donors (Lipinski definition) is 2. The van der Waals surface area contributed by atoms with Crippen LogP contribution in [0.1, 0.15) is 58.3 Å². The molecule has 0 aliphatic carbocycles. The van der Waals surface area contributed by atoms with Gasteiger partial charge in [0, 0.05) is 12.8 Å². The average molecular weight is 304 g/mol. The number of piperidine rings is 1. The third-order valence-corrected chi connectivity index (χ3v) is 4.90. The van der Waals surface area contributed by atoms with Gasteiger partial charge in [0.1, 0.15) is 9.92 Å². The molecule has 1 atom stereocenters. The van der Waals surface area contributed by atoms with Gasteiger partial charge in [0.2, 0.25) is 0 Å². The van der Waals surface area contributed by atoms with Crippen molar-refractivity contribution < 1.29 is 4.21 Å². The number of unbranched alkanes of at least 4 members (excludes halogenated alkanes) is 5. The summed E-state index contributed by atoms with van der Waals surface area (Å²) in [6.45, 7) is 6.59. The Bertz CT molecular complexity index is 335. The zero-order valence-electron chi connectivity index (χ0n) is 13.3. The van der Waals surface area contributed by atoms with E-state index in [-0.39, 0.29) is 0 Å². The van der Waals surface area contributed by atoms with Crippen LogP contribution in [0.3, 0.4) is 0 Å². The third-order valence-electron chi connectivity index (χ3n) is 4.18. The van der Waals surface area contributed by atoms with Gasteiger partial charge >= 0.3 is 0 Å². The molecular formula is C15H33N3OS. The number of nitrogens with one attached hydrogen (secondary N) is 2. The minimum absolute atomic E-state index is 0.599. The lowest BCUT2D eigenvalue weighted by molar-refractivity contribution is 0.182. The Labute approximate surface area is 125 Å². The third kappa shape index (κ3) is 8.93. The second-order valence-electron chi connectivity index (χ2n) is 6.24. The molecule has 1 aliphatic rings. The quantitative estimate of drug-likeness (QED) is 0.609. The summed E-state index contributed by atoms with van der Waals surface area (Å²) in [5.41, 5.74) is 0. The van der Waals surface area contributed by atoms with Gasteiger partial charge in [-0.2, -0.15) is 0 Å². The van der Waals surface area contributed by atoms with Crippen LogP contribution in [0.15, 0.2) is 0 Å². The fourth-order valence-electron chi connectivity index (χ4n) is 2.81. The molecule has 0 amide bonds. The largest absolute Gasteiger partial charge is 0.303 e. The molecule has 2 N–H and O–H groups in total. The van der Waals surface area contributed by atoms with Crippen molar-refractivity contribution in [1.29, 1.82) is 4.78 Å². The minimum atomic E-state index is -2.53. The summed E-state index contributed by atoms with van der Waals surface area (Å²) in [5, 5.41) is 0. The average Bonchev–Trinajstić information content (AvgIpc) is 2.41. The van der Waals surface area contributed by atoms with Crippen LogP contribution in [-0.2, 0) is 9.92 Å². The van der Waals surface area contributed by atoms with Crippen LogP contribution >= 0.6 is 0 Å². The Kier molecular flexibility index (Phi) is 8.73. The van der Waals surface area contributed by atoms with Gasteiger partial charge in [-0.3, -0.25) is 0 Å². The number of nitrogens with zero attached hydrogens (tertiary/aromatic N) is 1. The maximum absolute atomic E-state index is 11.3. The first-order valence-corrected chi connectivity index (χ1v) is 10.2. The molecule has 0 saturated carbocycles. The van der Waals surface area contributed by atoms with Gasteiger partial charge in [-0.25, -0.2) is 13.7 Å². The van der Waals surface area contributed by atoms with Gasteiger partial charge in [0.25, 0.3) is 0 Å². The van der Waals surface area contributed by atoms with E-state index in [0.29, 0.717) is 5.92 Å². The van der Waals surface area contributed by atoms with Crippen molar-refractivity contribution in [2.45, 2.75) is 58.3 Å². The van der Waals surface area contributed by atoms with Crippen LogP contribution < -0.4 is 4.72 Å². The van der Waals surface area contributed by atoms with Crippen LogP contribution in [-0.4, -0.2) is 41.5 Å². The van der Waals surface area contributed by atoms with Crippen molar-refractivity contribution in [3.8, 4) is 0 Å². The predicted molar refractivity (Wildman–Crippen MR) is 87.3 cm³/mol. The fourth-order valence-corrected chi connectivity index (χ4v) is 3.36. The lowest BCUT2D eigenvalue weighted by Gasteiger charge is -2.32. The number of rotatable bonds is 10. The first-order valence-electron chi connectivity index (χ1n) is 8.22. The van der Waals surface area contributed by atoms with Crippen LogP contribution in [0.5, 0.6) is 0 Å². The molecule has 1 fully saturated rings. The zero-order chi connectivity index (χ0) is 14.8. The standard InChI is InChI=1S/C15H33N3OS/c1-3-4-5-6-7-8-11-18-12-9-15(10-13-18)14-17-20(2,16)19/h15H,3-14H2,1-2H3,(H2,16,17,19). The summed E-state index contributed by atoms with van der Waals surface area (Å²) < 4.78 is 21.5. The van der Waals surface area contributed by atoms with E-state index in [2.05, 4.69) is 16.5 Å². The molecule has 5 heteroatoms. The SMILES string of the molecule is CCCCCCCCN1CCC(CNS(C)(=N)=O)CC1. The molecule has 1 rings (SSSR count). The Morgan fingerprint density at radius 1 is 1.15 bits per heavy atom. The van der Waals surface area contributed by atoms with E-state index in [0.717, 1.165) is 6.54 Å². The second kappa shape index (κ2) is 9.74. The molecule has 4 nitrogen and oxygen atoms in total. The van der Waals surface area contributed by atoms with Crippen LogP contribution in [0, 0.1) is 10.7 Å². The lowest BCUT2D eigenvalue weighted by Crippen LogP contribution is -2.38. The van der Waals surface area contributed by atoms with E-state index >= 15 is 0 Å². The molecule has 120 valence electrons. The fraction of sp³-hybridized carbons (Fsp3) is 1.00. The van der Waals surface area contributed by atoms with Crippen molar-refractivity contribution in [3.05, 3.63) is 0 Å². The van der Waals surface area contributed by atoms with E-state index in [1.54, 1.807) is 0 Å². The molecule has 0 bridgehead atoms. The smallest absolute Gasteiger partial charge is 0.102 e. The van der Waals surface area contributed by atoms with Gasteiger partial charge in [-0.15, -0.1) is 0 Å². The maximum atomic E-state index is 11.3. The van der Waals surface area contributed by atoms with E-state index in [4.69, 9.17) is 4.78 Å². The number of likely N-dealkylation sites (tertiary alicyclic amines) is 1. The van der Waals surface area contributed by atoms with Crippen LogP contribution in [0.2, 0.25) is 0 Å². The molecule has 1 saturated heterocycles. The van der Waals surface area contributed by atoms with Crippen LogP contribution in [0.25, 0.3) is 0 Å². The Balaban J connectivity index is 2.01. The second-order valence-corrected chi connectivity index (χ2v) is 8.22. The molecule has 0 aromatic carbocycles. The highest BCUT2D eigenvalue weighted by atomic mass is 32.2. The van der Waals surface area contributed by atoms with E-state index in [1.165, 1.54) is 77.3 Å². The molecule has 0 radical (unpaired) electrons. The van der Waals surface area contributed by atoms with Crippen molar-refractivity contribution in [2.75, 3.05) is 32.4 Å². The predicted octanol–water partition coefficient (Wildman–Crippen LogP) is 3.24. The summed E-state index contributed by atoms with van der Waals surface area (Å²) >= 11 is 0. The monoisotopic (exact) mass is 303 g/mol. The number of hydrogen-bond acceptors (Lipinski definition) is 3. The maximum Gasteiger partial charge on any atom is 0.102 e. The Morgan fingerprint density at radius 2 is 1.75 bits per heavy atom. The van der Waals surface area contributed by atoms with Crippen molar-refractivity contribution in [1.82, 2.24) is 9.62 Å². The summed E-state index contributed by atoms with van der Waals surface area (Å²) in [6, 6.07) is 0. The van der Waals surface area contributed by atoms with Gasteiger partial charge < -0.3 is 4.90 Å². The highest BCUT2D eigenvalue weighted by Gasteiger charge is 2.19. The van der Waals surface area contributed by atoms with Gasteiger partial charge in [-0.1, -0.05) is 39.0 Å². The summed E-state index contributed by atoms with van der Waals surface area (Å²) in [7, 11) is -2.53. The van der Waals surface area contributed by atoms with Crippen molar-refractivity contribution >= 4 is 9.92 Å². The highest BCUT2D eigenvalue weighted by molar-refractivity contribution is 7.89. The molecule has 20 heavy (non-hydrogen) atoms. The molecule has 1 aliphatic heterocycles. The van der Waals surface area contributed by atoms with Crippen molar-refractivity contribution in [2.24, 2.45) is 5.92 Å². The topological polar surface area (TPSA) is 56.2 Å². The highest BCUT2D eigenvalue weighted by Crippen LogP contribution is 2.17. The Hall–Kier alpha value is -0.130. The minimum Gasteiger partial charge on any atom is -0.303 e. The molecule has 0 aromatic heterocycles. The van der Waals surface area contributed by atoms with Gasteiger partial charge in [0.05, 0.1) is 0 Å². The van der Waals surface area contributed by atoms with Gasteiger partial charge in [-0.05, 0) is 44.8 Å². The lowest BCUT2D eigenvalue weighted by atomic mass is 9.97. The summed E-state index contributed by atoms with van der Waals surface area (Å²) in [5.74, 6) is 0.599. The first-order chi connectivity index (χ1) is 9.51. The molecule has 1 heterocycles. The summed E-state index contributed by atoms with van der Waals surface area (Å²) in [6.07, 6.45) is 12.0. The van der Waals surface area contributed by atoms with E-state index in [9.17, 15) is 4.21 Å².